The van der Waals surface area contributed by atoms with E-state index in [9.17, 15) is 14.7 Å². The van der Waals surface area contributed by atoms with Crippen molar-refractivity contribution in [2.45, 2.75) is 38.6 Å². The van der Waals surface area contributed by atoms with Crippen LogP contribution in [0.25, 0.3) is 0 Å². The van der Waals surface area contributed by atoms with E-state index in [2.05, 4.69) is 6.08 Å². The summed E-state index contributed by atoms with van der Waals surface area (Å²) in [6.07, 6.45) is 6.14. The van der Waals surface area contributed by atoms with Crippen molar-refractivity contribution in [3.8, 4) is 0 Å². The first-order valence-electron chi connectivity index (χ1n) is 7.52. The van der Waals surface area contributed by atoms with E-state index in [-0.39, 0.29) is 11.9 Å². The molecule has 20 heavy (non-hydrogen) atoms. The SMILES string of the molecule is CC1=CCCN(C(=O)N2CC3CCCC3C2C(=O)O)C1. The summed E-state index contributed by atoms with van der Waals surface area (Å²) in [5.41, 5.74) is 1.19. The van der Waals surface area contributed by atoms with Crippen LogP contribution < -0.4 is 0 Å². The van der Waals surface area contributed by atoms with Crippen molar-refractivity contribution in [2.75, 3.05) is 19.6 Å². The van der Waals surface area contributed by atoms with Crippen LogP contribution in [0.4, 0.5) is 4.79 Å². The largest absolute Gasteiger partial charge is 0.480 e. The number of hydrogen-bond donors (Lipinski definition) is 1. The number of carboxylic acids is 1. The first-order valence-corrected chi connectivity index (χ1v) is 7.52. The number of urea groups is 1. The number of likely N-dealkylation sites (tertiary alicyclic amines) is 1. The summed E-state index contributed by atoms with van der Waals surface area (Å²) in [6.45, 7) is 3.98. The van der Waals surface area contributed by atoms with Gasteiger partial charge in [-0.25, -0.2) is 9.59 Å². The van der Waals surface area contributed by atoms with Crippen LogP contribution in [-0.4, -0.2) is 52.6 Å². The predicted octanol–water partition coefficient (Wildman–Crippen LogP) is 1.94. The highest BCUT2D eigenvalue weighted by Crippen LogP contribution is 2.42. The molecule has 2 amide bonds. The molecule has 0 spiro atoms. The van der Waals surface area contributed by atoms with Crippen molar-refractivity contribution >= 4 is 12.0 Å². The molecule has 0 aromatic heterocycles. The highest BCUT2D eigenvalue weighted by molar-refractivity contribution is 5.84. The number of amides is 2. The van der Waals surface area contributed by atoms with Gasteiger partial charge in [-0.05, 0) is 38.0 Å². The Labute approximate surface area is 119 Å². The van der Waals surface area contributed by atoms with Crippen molar-refractivity contribution in [2.24, 2.45) is 11.8 Å². The van der Waals surface area contributed by atoms with E-state index >= 15 is 0 Å². The Hall–Kier alpha value is -1.52. The third-order valence-electron chi connectivity index (χ3n) is 4.99. The minimum Gasteiger partial charge on any atom is -0.480 e. The van der Waals surface area contributed by atoms with Crippen molar-refractivity contribution < 1.29 is 14.7 Å². The average Bonchev–Trinajstić information content (AvgIpc) is 2.96. The van der Waals surface area contributed by atoms with E-state index in [1.54, 1.807) is 9.80 Å². The number of carboxylic acid groups (broad SMARTS) is 1. The second-order valence-electron chi connectivity index (χ2n) is 6.33. The van der Waals surface area contributed by atoms with Crippen LogP contribution in [-0.2, 0) is 4.79 Å². The molecule has 0 radical (unpaired) electrons. The molecule has 1 saturated carbocycles. The number of hydrogen-bond acceptors (Lipinski definition) is 2. The highest BCUT2D eigenvalue weighted by Gasteiger charge is 2.50. The van der Waals surface area contributed by atoms with Crippen LogP contribution in [0.15, 0.2) is 11.6 Å². The fourth-order valence-electron chi connectivity index (χ4n) is 4.08. The Kier molecular flexibility index (Phi) is 3.44. The number of carbonyl (C=O) groups is 2. The predicted molar refractivity (Wildman–Crippen MR) is 74.3 cm³/mol. The molecule has 3 atom stereocenters. The van der Waals surface area contributed by atoms with Crippen LogP contribution in [0.3, 0.4) is 0 Å². The van der Waals surface area contributed by atoms with Gasteiger partial charge in [0.05, 0.1) is 0 Å². The lowest BCUT2D eigenvalue weighted by Crippen LogP contribution is -2.50. The van der Waals surface area contributed by atoms with Gasteiger partial charge in [-0.1, -0.05) is 18.1 Å². The van der Waals surface area contributed by atoms with Gasteiger partial charge in [0.25, 0.3) is 0 Å². The van der Waals surface area contributed by atoms with E-state index in [4.69, 9.17) is 0 Å². The summed E-state index contributed by atoms with van der Waals surface area (Å²) < 4.78 is 0. The molecular weight excluding hydrogens is 256 g/mol. The van der Waals surface area contributed by atoms with Gasteiger partial charge in [0.1, 0.15) is 6.04 Å². The van der Waals surface area contributed by atoms with Gasteiger partial charge in [0, 0.05) is 19.6 Å². The Balaban J connectivity index is 1.77. The lowest BCUT2D eigenvalue weighted by molar-refractivity contribution is -0.142. The molecule has 5 heteroatoms. The van der Waals surface area contributed by atoms with Gasteiger partial charge < -0.3 is 14.9 Å². The smallest absolute Gasteiger partial charge is 0.326 e. The number of rotatable bonds is 1. The molecule has 3 rings (SSSR count). The van der Waals surface area contributed by atoms with Gasteiger partial charge in [-0.15, -0.1) is 0 Å². The van der Waals surface area contributed by atoms with Crippen LogP contribution in [0.5, 0.6) is 0 Å². The molecule has 5 nitrogen and oxygen atoms in total. The normalized spacial score (nSPS) is 33.0. The van der Waals surface area contributed by atoms with Gasteiger partial charge in [-0.3, -0.25) is 0 Å². The van der Waals surface area contributed by atoms with Crippen molar-refractivity contribution in [1.29, 1.82) is 0 Å². The first kappa shape index (κ1) is 13.5. The zero-order valence-corrected chi connectivity index (χ0v) is 11.9. The van der Waals surface area contributed by atoms with E-state index in [0.29, 0.717) is 25.6 Å². The summed E-state index contributed by atoms with van der Waals surface area (Å²) >= 11 is 0. The van der Waals surface area contributed by atoms with Gasteiger partial charge in [-0.2, -0.15) is 0 Å². The zero-order valence-electron chi connectivity index (χ0n) is 11.9. The van der Waals surface area contributed by atoms with Crippen molar-refractivity contribution in [3.05, 3.63) is 11.6 Å². The molecule has 0 bridgehead atoms. The molecule has 1 saturated heterocycles. The molecular formula is C15H22N2O3. The molecule has 110 valence electrons. The quantitative estimate of drug-likeness (QED) is 0.746. The third kappa shape index (κ3) is 2.19. The molecule has 3 unspecified atom stereocenters. The molecule has 1 aliphatic carbocycles. The zero-order chi connectivity index (χ0) is 14.3. The Morgan fingerprint density at radius 2 is 2.15 bits per heavy atom. The molecule has 1 N–H and O–H groups in total. The minimum absolute atomic E-state index is 0.0840. The standard InChI is InChI=1S/C15H22N2O3/c1-10-4-3-7-16(8-10)15(20)17-9-11-5-2-6-12(11)13(17)14(18)19/h4,11-13H,2-3,5-9H2,1H3,(H,18,19). The fourth-order valence-corrected chi connectivity index (χ4v) is 4.08. The molecule has 2 fully saturated rings. The molecule has 2 heterocycles. The lowest BCUT2D eigenvalue weighted by atomic mass is 9.94. The van der Waals surface area contributed by atoms with Crippen LogP contribution in [0, 0.1) is 11.8 Å². The maximum absolute atomic E-state index is 12.7. The summed E-state index contributed by atoms with van der Waals surface area (Å²) in [4.78, 5) is 27.7. The fraction of sp³-hybridized carbons (Fsp3) is 0.733. The molecule has 3 aliphatic rings. The van der Waals surface area contributed by atoms with E-state index in [1.807, 2.05) is 6.92 Å². The highest BCUT2D eigenvalue weighted by atomic mass is 16.4. The maximum Gasteiger partial charge on any atom is 0.326 e. The number of fused-ring (bicyclic) bond motifs is 1. The first-order chi connectivity index (χ1) is 9.58. The summed E-state index contributed by atoms with van der Waals surface area (Å²) in [6, 6.07) is -0.694. The molecule has 0 aromatic carbocycles. The van der Waals surface area contributed by atoms with E-state index < -0.39 is 12.0 Å². The topological polar surface area (TPSA) is 60.9 Å². The van der Waals surface area contributed by atoms with E-state index in [0.717, 1.165) is 25.7 Å². The third-order valence-corrected chi connectivity index (χ3v) is 4.99. The molecule has 2 aliphatic heterocycles. The average molecular weight is 278 g/mol. The minimum atomic E-state index is -0.836. The van der Waals surface area contributed by atoms with Crippen molar-refractivity contribution in [1.82, 2.24) is 9.80 Å². The molecule has 0 aromatic rings. The lowest BCUT2D eigenvalue weighted by Gasteiger charge is -2.33. The number of nitrogens with zero attached hydrogens (tertiary/aromatic N) is 2. The van der Waals surface area contributed by atoms with Crippen LogP contribution in [0.2, 0.25) is 0 Å². The summed E-state index contributed by atoms with van der Waals surface area (Å²) in [7, 11) is 0. The number of carbonyl (C=O) groups excluding carboxylic acids is 1. The van der Waals surface area contributed by atoms with Gasteiger partial charge in [0.2, 0.25) is 0 Å². The summed E-state index contributed by atoms with van der Waals surface area (Å²) in [5, 5.41) is 9.51. The second-order valence-corrected chi connectivity index (χ2v) is 6.33. The van der Waals surface area contributed by atoms with Crippen LogP contribution in [0.1, 0.15) is 32.6 Å². The monoisotopic (exact) mass is 278 g/mol. The second kappa shape index (κ2) is 5.11. The summed E-state index contributed by atoms with van der Waals surface area (Å²) in [5.74, 6) is -0.281. The Morgan fingerprint density at radius 3 is 2.85 bits per heavy atom. The Bertz CT molecular complexity index is 460. The van der Waals surface area contributed by atoms with E-state index in [1.165, 1.54) is 5.57 Å². The van der Waals surface area contributed by atoms with Crippen molar-refractivity contribution in [3.63, 3.8) is 0 Å². The van der Waals surface area contributed by atoms with Gasteiger partial charge >= 0.3 is 12.0 Å². The maximum atomic E-state index is 12.7. The van der Waals surface area contributed by atoms with Crippen LogP contribution >= 0.6 is 0 Å². The number of aliphatic carboxylic acids is 1. The Morgan fingerprint density at radius 1 is 1.35 bits per heavy atom. The van der Waals surface area contributed by atoms with Gasteiger partial charge in [0.15, 0.2) is 0 Å².